The number of benzene rings is 2. The van der Waals surface area contributed by atoms with Crippen LogP contribution in [-0.4, -0.2) is 30.1 Å². The van der Waals surface area contributed by atoms with Crippen LogP contribution in [0, 0.1) is 0 Å². The largest absolute Gasteiger partial charge is 0.497 e. The molecule has 1 fully saturated rings. The van der Waals surface area contributed by atoms with Gasteiger partial charge in [-0.05, 0) is 41.8 Å². The van der Waals surface area contributed by atoms with E-state index in [0.29, 0.717) is 13.0 Å². The number of hydrogen-bond donors (Lipinski definition) is 1. The quantitative estimate of drug-likeness (QED) is 0.803. The number of nitrogens with one attached hydrogen (secondary N) is 1. The zero-order chi connectivity index (χ0) is 18.5. The van der Waals surface area contributed by atoms with Crippen molar-refractivity contribution in [2.45, 2.75) is 24.5 Å². The molecule has 6 heteroatoms. The molecule has 1 aliphatic rings. The van der Waals surface area contributed by atoms with Crippen LogP contribution < -0.4 is 14.8 Å². The first kappa shape index (κ1) is 18.3. The molecule has 2 unspecified atom stereocenters. The van der Waals surface area contributed by atoms with Gasteiger partial charge in [-0.3, -0.25) is 14.9 Å². The minimum atomic E-state index is -0.343. The van der Waals surface area contributed by atoms with Crippen molar-refractivity contribution in [3.05, 3.63) is 59.7 Å². The van der Waals surface area contributed by atoms with Gasteiger partial charge < -0.3 is 9.47 Å². The Kier molecular flexibility index (Phi) is 5.83. The highest BCUT2D eigenvalue weighted by molar-refractivity contribution is 8.15. The van der Waals surface area contributed by atoms with Crippen LogP contribution in [0.15, 0.2) is 48.5 Å². The Morgan fingerprint density at radius 1 is 1.04 bits per heavy atom. The van der Waals surface area contributed by atoms with Crippen molar-refractivity contribution in [3.63, 3.8) is 0 Å². The lowest BCUT2D eigenvalue weighted by Crippen LogP contribution is -2.25. The number of rotatable bonds is 7. The number of imide groups is 1. The number of carbonyl (C=O) groups excluding carboxylic acids is 2. The fourth-order valence-electron chi connectivity index (χ4n) is 2.71. The molecule has 1 heterocycles. The van der Waals surface area contributed by atoms with E-state index in [1.54, 1.807) is 7.11 Å². The summed E-state index contributed by atoms with van der Waals surface area (Å²) in [7, 11) is 1.65. The predicted octanol–water partition coefficient (Wildman–Crippen LogP) is 3.77. The maximum absolute atomic E-state index is 11.6. The summed E-state index contributed by atoms with van der Waals surface area (Å²) in [6.45, 7) is 2.68. The van der Waals surface area contributed by atoms with Crippen LogP contribution in [0.5, 0.6) is 11.5 Å². The van der Waals surface area contributed by atoms with Crippen LogP contribution in [0.3, 0.4) is 0 Å². The van der Waals surface area contributed by atoms with E-state index in [2.05, 4.69) is 12.2 Å². The fraction of sp³-hybridized carbons (Fsp3) is 0.300. The molecular formula is C20H21NO4S. The average molecular weight is 371 g/mol. The number of ether oxygens (including phenoxy) is 2. The molecule has 0 radical (unpaired) electrons. The molecule has 2 aromatic rings. The van der Waals surface area contributed by atoms with Crippen LogP contribution >= 0.6 is 11.8 Å². The summed E-state index contributed by atoms with van der Waals surface area (Å²) in [6, 6.07) is 15.6. The van der Waals surface area contributed by atoms with Gasteiger partial charge in [0.15, 0.2) is 0 Å². The maximum atomic E-state index is 11.6. The van der Waals surface area contributed by atoms with Crippen LogP contribution in [0.25, 0.3) is 0 Å². The summed E-state index contributed by atoms with van der Waals surface area (Å²) in [5.74, 6) is 1.67. The van der Waals surface area contributed by atoms with Gasteiger partial charge in [0.2, 0.25) is 5.91 Å². The van der Waals surface area contributed by atoms with Crippen LogP contribution in [-0.2, 0) is 11.2 Å². The molecule has 0 saturated carbocycles. The van der Waals surface area contributed by atoms with Crippen LogP contribution in [0.2, 0.25) is 0 Å². The van der Waals surface area contributed by atoms with Gasteiger partial charge >= 0.3 is 0 Å². The zero-order valence-electron chi connectivity index (χ0n) is 14.7. The molecule has 1 aliphatic heterocycles. The molecule has 1 saturated heterocycles. The molecule has 2 atom stereocenters. The standard InChI is InChI=1S/C20H21NO4S/c1-13(15-5-9-16(24-2)10-6-15)12-25-17-7-3-14(4-8-17)11-18-19(22)21-20(23)26-18/h3-10,13,18H,11-12H2,1-2H3,(H,21,22,23). The predicted molar refractivity (Wildman–Crippen MR) is 102 cm³/mol. The summed E-state index contributed by atoms with van der Waals surface area (Å²) in [4.78, 5) is 22.8. The van der Waals surface area contributed by atoms with E-state index >= 15 is 0 Å². The molecule has 2 amide bonds. The normalized spacial score (nSPS) is 17.7. The Bertz CT molecular complexity index is 773. The third kappa shape index (κ3) is 4.58. The van der Waals surface area contributed by atoms with Gasteiger partial charge in [-0.1, -0.05) is 43.0 Å². The summed E-state index contributed by atoms with van der Waals surface area (Å²) >= 11 is 1.05. The zero-order valence-corrected chi connectivity index (χ0v) is 15.5. The lowest BCUT2D eigenvalue weighted by atomic mass is 10.0. The second kappa shape index (κ2) is 8.27. The van der Waals surface area contributed by atoms with Gasteiger partial charge in [0, 0.05) is 5.92 Å². The Morgan fingerprint density at radius 3 is 2.27 bits per heavy atom. The first-order valence-electron chi connectivity index (χ1n) is 8.42. The van der Waals surface area contributed by atoms with E-state index in [0.717, 1.165) is 28.8 Å². The third-order valence-corrected chi connectivity index (χ3v) is 5.28. The highest BCUT2D eigenvalue weighted by Crippen LogP contribution is 2.25. The fourth-order valence-corrected chi connectivity index (χ4v) is 3.57. The second-order valence-corrected chi connectivity index (χ2v) is 7.39. The summed E-state index contributed by atoms with van der Waals surface area (Å²) in [5, 5.41) is 1.69. The van der Waals surface area contributed by atoms with Crippen LogP contribution in [0.4, 0.5) is 4.79 Å². The number of carbonyl (C=O) groups is 2. The minimum absolute atomic E-state index is 0.214. The van der Waals surface area contributed by atoms with Gasteiger partial charge in [0.1, 0.15) is 11.5 Å². The van der Waals surface area contributed by atoms with E-state index in [1.165, 1.54) is 5.56 Å². The molecule has 2 aromatic carbocycles. The van der Waals surface area contributed by atoms with E-state index in [-0.39, 0.29) is 22.3 Å². The Hall–Kier alpha value is -2.47. The topological polar surface area (TPSA) is 64.6 Å². The summed E-state index contributed by atoms with van der Waals surface area (Å²) < 4.78 is 11.0. The van der Waals surface area contributed by atoms with E-state index in [1.807, 2.05) is 48.5 Å². The molecule has 0 aromatic heterocycles. The van der Waals surface area contributed by atoms with Crippen molar-refractivity contribution >= 4 is 22.9 Å². The van der Waals surface area contributed by atoms with Crippen molar-refractivity contribution in [3.8, 4) is 11.5 Å². The molecular weight excluding hydrogens is 350 g/mol. The Labute approximate surface area is 157 Å². The molecule has 26 heavy (non-hydrogen) atoms. The molecule has 3 rings (SSSR count). The minimum Gasteiger partial charge on any atom is -0.497 e. The highest BCUT2D eigenvalue weighted by Gasteiger charge is 2.31. The molecule has 136 valence electrons. The number of hydrogen-bond acceptors (Lipinski definition) is 5. The van der Waals surface area contributed by atoms with Gasteiger partial charge in [0.25, 0.3) is 5.24 Å². The third-order valence-electron chi connectivity index (χ3n) is 4.30. The first-order chi connectivity index (χ1) is 12.5. The smallest absolute Gasteiger partial charge is 0.286 e. The summed E-state index contributed by atoms with van der Waals surface area (Å²) in [6.07, 6.45) is 0.533. The average Bonchev–Trinajstić information content (AvgIpc) is 2.98. The lowest BCUT2D eigenvalue weighted by Gasteiger charge is -2.14. The number of methoxy groups -OCH3 is 1. The molecule has 0 spiro atoms. The lowest BCUT2D eigenvalue weighted by molar-refractivity contribution is -0.118. The van der Waals surface area contributed by atoms with E-state index < -0.39 is 0 Å². The van der Waals surface area contributed by atoms with Crippen molar-refractivity contribution < 1.29 is 19.1 Å². The van der Waals surface area contributed by atoms with Gasteiger partial charge in [-0.25, -0.2) is 0 Å². The first-order valence-corrected chi connectivity index (χ1v) is 9.30. The molecule has 5 nitrogen and oxygen atoms in total. The van der Waals surface area contributed by atoms with E-state index in [9.17, 15) is 9.59 Å². The highest BCUT2D eigenvalue weighted by atomic mass is 32.2. The Morgan fingerprint density at radius 2 is 1.69 bits per heavy atom. The molecule has 1 N–H and O–H groups in total. The van der Waals surface area contributed by atoms with Gasteiger partial charge in [-0.2, -0.15) is 0 Å². The van der Waals surface area contributed by atoms with Crippen molar-refractivity contribution in [1.29, 1.82) is 0 Å². The maximum Gasteiger partial charge on any atom is 0.286 e. The van der Waals surface area contributed by atoms with Crippen LogP contribution in [0.1, 0.15) is 24.0 Å². The SMILES string of the molecule is COc1ccc(C(C)COc2ccc(CC3SC(=O)NC3=O)cc2)cc1. The Balaban J connectivity index is 1.52. The van der Waals surface area contributed by atoms with Crippen molar-refractivity contribution in [2.75, 3.05) is 13.7 Å². The summed E-state index contributed by atoms with van der Waals surface area (Å²) in [5.41, 5.74) is 2.19. The molecule has 0 aliphatic carbocycles. The van der Waals surface area contributed by atoms with Gasteiger partial charge in [-0.15, -0.1) is 0 Å². The van der Waals surface area contributed by atoms with Crippen molar-refractivity contribution in [2.24, 2.45) is 0 Å². The van der Waals surface area contributed by atoms with Gasteiger partial charge in [0.05, 0.1) is 19.0 Å². The second-order valence-electron chi connectivity index (χ2n) is 6.22. The number of amides is 2. The number of thioether (sulfide) groups is 1. The monoisotopic (exact) mass is 371 g/mol. The van der Waals surface area contributed by atoms with E-state index in [4.69, 9.17) is 9.47 Å². The molecule has 0 bridgehead atoms. The van der Waals surface area contributed by atoms with Crippen molar-refractivity contribution in [1.82, 2.24) is 5.32 Å².